The summed E-state index contributed by atoms with van der Waals surface area (Å²) in [7, 11) is 1.63. The third-order valence-corrected chi connectivity index (χ3v) is 5.83. The van der Waals surface area contributed by atoms with E-state index in [4.69, 9.17) is 4.74 Å². The minimum absolute atomic E-state index is 0.0126. The molecule has 1 N–H and O–H groups in total. The first-order valence-electron chi connectivity index (χ1n) is 10.5. The van der Waals surface area contributed by atoms with Crippen molar-refractivity contribution in [1.29, 1.82) is 0 Å². The van der Waals surface area contributed by atoms with Crippen LogP contribution in [0, 0.1) is 19.3 Å². The second kappa shape index (κ2) is 9.32. The standard InChI is InChI=1S/C23H32N4O3/c1-17-13-18(2)27(25-17)12-9-21(28)26-11-6-10-23(3,16-26)22(29)24-15-19-7-5-8-20(14-19)30-4/h5,7-8,13-14H,6,9-12,15-16H2,1-4H3,(H,24,29). The van der Waals surface area contributed by atoms with Gasteiger partial charge in [-0.05, 0) is 57.4 Å². The van der Waals surface area contributed by atoms with Crippen molar-refractivity contribution in [2.75, 3.05) is 20.2 Å². The SMILES string of the molecule is COc1cccc(CNC(=O)C2(C)CCCN(C(=O)CCn3nc(C)cc3C)C2)c1. The van der Waals surface area contributed by atoms with Crippen molar-refractivity contribution in [2.45, 2.75) is 53.1 Å². The number of hydrogen-bond donors (Lipinski definition) is 1. The lowest BCUT2D eigenvalue weighted by Crippen LogP contribution is -2.51. The second-order valence-corrected chi connectivity index (χ2v) is 8.41. The minimum Gasteiger partial charge on any atom is -0.497 e. The van der Waals surface area contributed by atoms with Crippen molar-refractivity contribution < 1.29 is 14.3 Å². The molecule has 1 unspecified atom stereocenters. The van der Waals surface area contributed by atoms with Gasteiger partial charge in [-0.3, -0.25) is 14.3 Å². The molecule has 1 aliphatic heterocycles. The maximum Gasteiger partial charge on any atom is 0.227 e. The number of ether oxygens (including phenoxy) is 1. The van der Waals surface area contributed by atoms with Crippen molar-refractivity contribution >= 4 is 11.8 Å². The quantitative estimate of drug-likeness (QED) is 0.759. The smallest absolute Gasteiger partial charge is 0.227 e. The Hall–Kier alpha value is -2.83. The summed E-state index contributed by atoms with van der Waals surface area (Å²) in [6.07, 6.45) is 2.00. The first-order valence-corrected chi connectivity index (χ1v) is 10.5. The number of rotatable bonds is 7. The van der Waals surface area contributed by atoms with Gasteiger partial charge in [0, 0.05) is 38.3 Å². The molecule has 0 bridgehead atoms. The summed E-state index contributed by atoms with van der Waals surface area (Å²) in [5.74, 6) is 0.834. The second-order valence-electron chi connectivity index (χ2n) is 8.41. The molecule has 0 aliphatic carbocycles. The van der Waals surface area contributed by atoms with E-state index in [1.165, 1.54) is 0 Å². The topological polar surface area (TPSA) is 76.5 Å². The Labute approximate surface area is 178 Å². The predicted octanol–water partition coefficient (Wildman–Crippen LogP) is 2.84. The number of likely N-dealkylation sites (tertiary alicyclic amines) is 1. The van der Waals surface area contributed by atoms with E-state index in [0.717, 1.165) is 35.5 Å². The molecule has 2 aromatic rings. The molecule has 7 nitrogen and oxygen atoms in total. The Morgan fingerprint density at radius 1 is 1.27 bits per heavy atom. The molecule has 0 spiro atoms. The van der Waals surface area contributed by atoms with E-state index >= 15 is 0 Å². The van der Waals surface area contributed by atoms with E-state index in [-0.39, 0.29) is 11.8 Å². The molecule has 1 aromatic heterocycles. The molecule has 30 heavy (non-hydrogen) atoms. The molecule has 1 atom stereocenters. The number of hydrogen-bond acceptors (Lipinski definition) is 4. The molecule has 162 valence electrons. The number of carbonyl (C=O) groups is 2. The number of carbonyl (C=O) groups excluding carboxylic acids is 2. The number of nitrogens with one attached hydrogen (secondary N) is 1. The molecule has 3 rings (SSSR count). The van der Waals surface area contributed by atoms with Gasteiger partial charge in [-0.25, -0.2) is 0 Å². The zero-order valence-electron chi connectivity index (χ0n) is 18.4. The highest BCUT2D eigenvalue weighted by atomic mass is 16.5. The van der Waals surface area contributed by atoms with Crippen LogP contribution in [-0.4, -0.2) is 46.7 Å². The van der Waals surface area contributed by atoms with Crippen LogP contribution in [0.25, 0.3) is 0 Å². The highest BCUT2D eigenvalue weighted by Crippen LogP contribution is 2.30. The Balaban J connectivity index is 1.55. The molecule has 0 saturated carbocycles. The van der Waals surface area contributed by atoms with Gasteiger partial charge < -0.3 is 15.0 Å². The average molecular weight is 413 g/mol. The maximum absolute atomic E-state index is 12.9. The monoisotopic (exact) mass is 412 g/mol. The molecule has 2 heterocycles. The Morgan fingerprint density at radius 3 is 2.77 bits per heavy atom. The summed E-state index contributed by atoms with van der Waals surface area (Å²) in [6.45, 7) is 8.06. The van der Waals surface area contributed by atoms with Crippen molar-refractivity contribution in [3.05, 3.63) is 47.3 Å². The summed E-state index contributed by atoms with van der Waals surface area (Å²) in [6, 6.07) is 9.67. The first kappa shape index (κ1) is 21.9. The van der Waals surface area contributed by atoms with Gasteiger partial charge in [0.25, 0.3) is 0 Å². The largest absolute Gasteiger partial charge is 0.497 e. The van der Waals surface area contributed by atoms with E-state index in [1.54, 1.807) is 7.11 Å². The molecule has 1 fully saturated rings. The van der Waals surface area contributed by atoms with Gasteiger partial charge in [0.2, 0.25) is 11.8 Å². The summed E-state index contributed by atoms with van der Waals surface area (Å²) in [5.41, 5.74) is 2.42. The van der Waals surface area contributed by atoms with E-state index in [9.17, 15) is 9.59 Å². The lowest BCUT2D eigenvalue weighted by atomic mass is 9.80. The van der Waals surface area contributed by atoms with Crippen molar-refractivity contribution in [3.63, 3.8) is 0 Å². The third kappa shape index (κ3) is 5.20. The summed E-state index contributed by atoms with van der Waals surface area (Å²) >= 11 is 0. The number of methoxy groups -OCH3 is 1. The van der Waals surface area contributed by atoms with Gasteiger partial charge in [-0.2, -0.15) is 5.10 Å². The third-order valence-electron chi connectivity index (χ3n) is 5.83. The number of aromatic nitrogens is 2. The number of benzene rings is 1. The van der Waals surface area contributed by atoms with Crippen LogP contribution in [0.5, 0.6) is 5.75 Å². The Bertz CT molecular complexity index is 908. The van der Waals surface area contributed by atoms with E-state index in [0.29, 0.717) is 32.6 Å². The van der Waals surface area contributed by atoms with E-state index in [1.807, 2.05) is 60.7 Å². The van der Waals surface area contributed by atoms with E-state index < -0.39 is 5.41 Å². The molecular weight excluding hydrogens is 380 g/mol. The lowest BCUT2D eigenvalue weighted by molar-refractivity contribution is -0.140. The van der Waals surface area contributed by atoms with Crippen LogP contribution in [-0.2, 0) is 22.7 Å². The number of nitrogens with zero attached hydrogens (tertiary/aromatic N) is 3. The molecule has 0 radical (unpaired) electrons. The fourth-order valence-corrected chi connectivity index (χ4v) is 4.08. The number of aryl methyl sites for hydroxylation is 3. The van der Waals surface area contributed by atoms with Crippen LogP contribution in [0.4, 0.5) is 0 Å². The van der Waals surface area contributed by atoms with Gasteiger partial charge in [0.15, 0.2) is 0 Å². The predicted molar refractivity (Wildman–Crippen MR) is 115 cm³/mol. The molecule has 1 aromatic carbocycles. The normalized spacial score (nSPS) is 18.9. The summed E-state index contributed by atoms with van der Waals surface area (Å²) < 4.78 is 7.11. The summed E-state index contributed by atoms with van der Waals surface area (Å²) in [4.78, 5) is 27.6. The average Bonchev–Trinajstić information content (AvgIpc) is 3.07. The highest BCUT2D eigenvalue weighted by Gasteiger charge is 2.39. The van der Waals surface area contributed by atoms with Gasteiger partial charge in [-0.15, -0.1) is 0 Å². The minimum atomic E-state index is -0.578. The van der Waals surface area contributed by atoms with Crippen molar-refractivity contribution in [2.24, 2.45) is 5.41 Å². The van der Waals surface area contributed by atoms with Crippen molar-refractivity contribution in [3.8, 4) is 5.75 Å². The molecule has 1 saturated heterocycles. The van der Waals surface area contributed by atoms with E-state index in [2.05, 4.69) is 10.4 Å². The van der Waals surface area contributed by atoms with Crippen LogP contribution in [0.15, 0.2) is 30.3 Å². The van der Waals surface area contributed by atoms with Crippen LogP contribution < -0.4 is 10.1 Å². The molecule has 2 amide bonds. The zero-order chi connectivity index (χ0) is 21.7. The fourth-order valence-electron chi connectivity index (χ4n) is 4.08. The van der Waals surface area contributed by atoms with Crippen LogP contribution in [0.3, 0.4) is 0 Å². The van der Waals surface area contributed by atoms with Gasteiger partial charge >= 0.3 is 0 Å². The van der Waals surface area contributed by atoms with Gasteiger partial charge in [-0.1, -0.05) is 12.1 Å². The molecular formula is C23H32N4O3. The van der Waals surface area contributed by atoms with Crippen LogP contribution >= 0.6 is 0 Å². The maximum atomic E-state index is 12.9. The van der Waals surface area contributed by atoms with Crippen LogP contribution in [0.1, 0.15) is 43.1 Å². The van der Waals surface area contributed by atoms with Gasteiger partial charge in [0.1, 0.15) is 5.75 Å². The first-order chi connectivity index (χ1) is 14.3. The number of piperidine rings is 1. The molecule has 7 heteroatoms. The lowest BCUT2D eigenvalue weighted by Gasteiger charge is -2.39. The molecule has 1 aliphatic rings. The Morgan fingerprint density at radius 2 is 2.07 bits per heavy atom. The summed E-state index contributed by atoms with van der Waals surface area (Å²) in [5, 5.41) is 7.46. The van der Waals surface area contributed by atoms with Crippen molar-refractivity contribution in [1.82, 2.24) is 20.0 Å². The highest BCUT2D eigenvalue weighted by molar-refractivity contribution is 5.84. The Kier molecular flexibility index (Phi) is 6.80. The zero-order valence-corrected chi connectivity index (χ0v) is 18.4. The fraction of sp³-hybridized carbons (Fsp3) is 0.522. The number of amides is 2. The van der Waals surface area contributed by atoms with Crippen LogP contribution in [0.2, 0.25) is 0 Å². The van der Waals surface area contributed by atoms with Gasteiger partial charge in [0.05, 0.1) is 18.2 Å².